The van der Waals surface area contributed by atoms with Gasteiger partial charge in [-0.3, -0.25) is 0 Å². The number of hydrogen-bond acceptors (Lipinski definition) is 5. The van der Waals surface area contributed by atoms with Crippen LogP contribution in [-0.4, -0.2) is 32.8 Å². The molecule has 1 aromatic rings. The minimum absolute atomic E-state index is 0.378. The largest absolute Gasteiger partial charge is 0.353 e. The summed E-state index contributed by atoms with van der Waals surface area (Å²) in [5.74, 6) is 1.39. The highest BCUT2D eigenvalue weighted by Crippen LogP contribution is 2.22. The lowest BCUT2D eigenvalue weighted by atomic mass is 9.86. The molecule has 6 nitrogen and oxygen atoms in total. The molecule has 15 heavy (non-hydrogen) atoms. The van der Waals surface area contributed by atoms with Gasteiger partial charge in [-0.25, -0.2) is 4.68 Å². The summed E-state index contributed by atoms with van der Waals surface area (Å²) in [6.07, 6.45) is 4.77. The van der Waals surface area contributed by atoms with E-state index < -0.39 is 0 Å². The van der Waals surface area contributed by atoms with Gasteiger partial charge in [-0.2, -0.15) is 0 Å². The minimum atomic E-state index is 0.378. The van der Waals surface area contributed by atoms with Crippen LogP contribution in [0, 0.1) is 5.92 Å². The van der Waals surface area contributed by atoms with Crippen LogP contribution in [-0.2, 0) is 7.05 Å². The molecule has 0 saturated heterocycles. The summed E-state index contributed by atoms with van der Waals surface area (Å²) in [6.45, 7) is 0.919. The maximum absolute atomic E-state index is 5.93. The van der Waals surface area contributed by atoms with Gasteiger partial charge in [0.15, 0.2) is 0 Å². The van der Waals surface area contributed by atoms with Gasteiger partial charge in [0.05, 0.1) is 0 Å². The van der Waals surface area contributed by atoms with E-state index in [1.165, 1.54) is 19.3 Å². The van der Waals surface area contributed by atoms with Crippen molar-refractivity contribution in [3.63, 3.8) is 0 Å². The highest BCUT2D eigenvalue weighted by Gasteiger charge is 2.19. The first-order chi connectivity index (χ1) is 7.25. The van der Waals surface area contributed by atoms with Crippen LogP contribution in [0.25, 0.3) is 0 Å². The molecule has 1 fully saturated rings. The van der Waals surface area contributed by atoms with Crippen molar-refractivity contribution in [1.82, 2.24) is 20.2 Å². The van der Waals surface area contributed by atoms with Gasteiger partial charge >= 0.3 is 0 Å². The SMILES string of the molecule is Cn1nnnc1NCC1CCCC(N)C1. The Labute approximate surface area is 89.2 Å². The third-order valence-corrected chi connectivity index (χ3v) is 2.99. The second-order valence-corrected chi connectivity index (χ2v) is 4.30. The summed E-state index contributed by atoms with van der Waals surface area (Å²) in [5.41, 5.74) is 5.93. The number of nitrogens with two attached hydrogens (primary N) is 1. The van der Waals surface area contributed by atoms with Crippen molar-refractivity contribution in [2.75, 3.05) is 11.9 Å². The zero-order valence-corrected chi connectivity index (χ0v) is 9.06. The number of anilines is 1. The quantitative estimate of drug-likeness (QED) is 0.741. The molecule has 84 valence electrons. The molecule has 0 spiro atoms. The molecule has 0 aromatic carbocycles. The van der Waals surface area contributed by atoms with E-state index in [4.69, 9.17) is 5.73 Å². The normalized spacial score (nSPS) is 26.5. The number of tetrazole rings is 1. The van der Waals surface area contributed by atoms with Crippen LogP contribution in [0.1, 0.15) is 25.7 Å². The molecule has 1 aliphatic rings. The molecule has 0 aliphatic heterocycles. The van der Waals surface area contributed by atoms with E-state index in [2.05, 4.69) is 20.8 Å². The lowest BCUT2D eigenvalue weighted by Gasteiger charge is -2.26. The molecule has 6 heteroatoms. The fourth-order valence-electron chi connectivity index (χ4n) is 2.13. The van der Waals surface area contributed by atoms with Gasteiger partial charge in [-0.1, -0.05) is 11.5 Å². The average molecular weight is 210 g/mol. The molecule has 2 atom stereocenters. The highest BCUT2D eigenvalue weighted by atomic mass is 15.6. The van der Waals surface area contributed by atoms with Crippen LogP contribution >= 0.6 is 0 Å². The number of aromatic nitrogens is 4. The molecule has 1 aliphatic carbocycles. The van der Waals surface area contributed by atoms with Gasteiger partial charge < -0.3 is 11.1 Å². The van der Waals surface area contributed by atoms with Crippen molar-refractivity contribution >= 4 is 5.95 Å². The molecule has 2 rings (SSSR count). The molecule has 0 radical (unpaired) electrons. The van der Waals surface area contributed by atoms with Crippen LogP contribution in [0.4, 0.5) is 5.95 Å². The smallest absolute Gasteiger partial charge is 0.242 e. The van der Waals surface area contributed by atoms with Crippen LogP contribution in [0.15, 0.2) is 0 Å². The number of rotatable bonds is 3. The molecule has 0 amide bonds. The van der Waals surface area contributed by atoms with E-state index in [1.807, 2.05) is 7.05 Å². The molecule has 1 saturated carbocycles. The van der Waals surface area contributed by atoms with Gasteiger partial charge in [-0.15, -0.1) is 0 Å². The van der Waals surface area contributed by atoms with Crippen LogP contribution in [0.2, 0.25) is 0 Å². The Bertz CT molecular complexity index is 309. The molecular weight excluding hydrogens is 192 g/mol. The number of nitrogens with zero attached hydrogens (tertiary/aromatic N) is 4. The Kier molecular flexibility index (Phi) is 3.15. The topological polar surface area (TPSA) is 81.7 Å². The standard InChI is InChI=1S/C9H18N6/c1-15-9(12-13-14-15)11-6-7-3-2-4-8(10)5-7/h7-8H,2-6,10H2,1H3,(H,11,12,14). The van der Waals surface area contributed by atoms with Crippen molar-refractivity contribution in [2.45, 2.75) is 31.7 Å². The van der Waals surface area contributed by atoms with Crippen molar-refractivity contribution in [1.29, 1.82) is 0 Å². The molecular formula is C9H18N6. The third-order valence-electron chi connectivity index (χ3n) is 2.99. The van der Waals surface area contributed by atoms with E-state index >= 15 is 0 Å². The highest BCUT2D eigenvalue weighted by molar-refractivity contribution is 5.20. The van der Waals surface area contributed by atoms with Crippen molar-refractivity contribution in [2.24, 2.45) is 18.7 Å². The van der Waals surface area contributed by atoms with Gasteiger partial charge in [-0.05, 0) is 35.6 Å². The second-order valence-electron chi connectivity index (χ2n) is 4.30. The van der Waals surface area contributed by atoms with E-state index in [0.29, 0.717) is 12.0 Å². The van der Waals surface area contributed by atoms with Crippen molar-refractivity contribution in [3.05, 3.63) is 0 Å². The van der Waals surface area contributed by atoms with Gasteiger partial charge in [0.1, 0.15) is 0 Å². The predicted molar refractivity (Wildman–Crippen MR) is 57.2 cm³/mol. The first-order valence-electron chi connectivity index (χ1n) is 5.47. The van der Waals surface area contributed by atoms with Crippen LogP contribution in [0.3, 0.4) is 0 Å². The average Bonchev–Trinajstić information content (AvgIpc) is 2.61. The summed E-state index contributed by atoms with van der Waals surface area (Å²) in [5, 5.41) is 14.5. The van der Waals surface area contributed by atoms with E-state index in [-0.39, 0.29) is 0 Å². The number of nitrogens with one attached hydrogen (secondary N) is 1. The molecule has 0 bridgehead atoms. The van der Waals surface area contributed by atoms with Crippen molar-refractivity contribution in [3.8, 4) is 0 Å². The Morgan fingerprint density at radius 2 is 2.40 bits per heavy atom. The third kappa shape index (κ3) is 2.65. The molecule has 3 N–H and O–H groups in total. The summed E-state index contributed by atoms with van der Waals surface area (Å²) < 4.78 is 1.64. The summed E-state index contributed by atoms with van der Waals surface area (Å²) in [6, 6.07) is 0.378. The van der Waals surface area contributed by atoms with Crippen molar-refractivity contribution < 1.29 is 0 Å². The number of aryl methyl sites for hydroxylation is 1. The van der Waals surface area contributed by atoms with Gasteiger partial charge in [0.2, 0.25) is 5.95 Å². The first-order valence-corrected chi connectivity index (χ1v) is 5.47. The Balaban J connectivity index is 1.80. The summed E-state index contributed by atoms with van der Waals surface area (Å²) in [4.78, 5) is 0. The zero-order valence-electron chi connectivity index (χ0n) is 9.06. The fraction of sp³-hybridized carbons (Fsp3) is 0.889. The summed E-state index contributed by atoms with van der Waals surface area (Å²) in [7, 11) is 1.83. The zero-order chi connectivity index (χ0) is 10.7. The van der Waals surface area contributed by atoms with Gasteiger partial charge in [0.25, 0.3) is 0 Å². The number of hydrogen-bond donors (Lipinski definition) is 2. The fourth-order valence-corrected chi connectivity index (χ4v) is 2.13. The molecule has 2 unspecified atom stereocenters. The predicted octanol–water partition coefficient (Wildman–Crippen LogP) is 0.139. The Morgan fingerprint density at radius 1 is 1.53 bits per heavy atom. The Hall–Kier alpha value is -1.17. The van der Waals surface area contributed by atoms with Crippen LogP contribution < -0.4 is 11.1 Å². The molecule has 1 heterocycles. The lowest BCUT2D eigenvalue weighted by Crippen LogP contribution is -2.31. The lowest BCUT2D eigenvalue weighted by molar-refractivity contribution is 0.334. The second kappa shape index (κ2) is 4.57. The van der Waals surface area contributed by atoms with Gasteiger partial charge in [0, 0.05) is 19.6 Å². The maximum atomic E-state index is 5.93. The van der Waals surface area contributed by atoms with E-state index in [1.54, 1.807) is 4.68 Å². The monoisotopic (exact) mass is 210 g/mol. The van der Waals surface area contributed by atoms with E-state index in [0.717, 1.165) is 18.9 Å². The maximum Gasteiger partial charge on any atom is 0.242 e. The van der Waals surface area contributed by atoms with Crippen LogP contribution in [0.5, 0.6) is 0 Å². The molecule has 1 aromatic heterocycles. The minimum Gasteiger partial charge on any atom is -0.353 e. The first kappa shape index (κ1) is 10.4. The van der Waals surface area contributed by atoms with E-state index in [9.17, 15) is 0 Å². The summed E-state index contributed by atoms with van der Waals surface area (Å²) >= 11 is 0. The Morgan fingerprint density at radius 3 is 3.07 bits per heavy atom.